The lowest BCUT2D eigenvalue weighted by Gasteiger charge is -2.15. The highest BCUT2D eigenvalue weighted by Gasteiger charge is 2.21. The number of urea groups is 1. The van der Waals surface area contributed by atoms with Gasteiger partial charge in [0.2, 0.25) is 0 Å². The molecule has 8 N–H and O–H groups in total. The van der Waals surface area contributed by atoms with Gasteiger partial charge in [-0.25, -0.2) is 21.6 Å². The van der Waals surface area contributed by atoms with Gasteiger partial charge >= 0.3 is 6.03 Å². The average molecular weight is 843 g/mol. The van der Waals surface area contributed by atoms with Crippen LogP contribution >= 0.6 is 0 Å². The van der Waals surface area contributed by atoms with Crippen LogP contribution in [0.3, 0.4) is 0 Å². The van der Waals surface area contributed by atoms with E-state index in [0.717, 1.165) is 36.4 Å². The standard InChI is InChI=1S/C35H30N4O13S4/c1-19-11-25(53(43,44)38-23-13-21-3-5-27(55(47,48)49)17-29(21)33(40)15-23)7-9-31(19)36-35(42)37-32-10-8-26(12-20(32)2)54(45,46)39-24-14-22-4-6-28(56(50,51)52)18-30(22)34(41)16-24/h3-18,38-41H,1-2H3,(H2,36,37,42)(H,47,48,49)(H,50,51,52). The normalized spacial score (nSPS) is 12.4. The van der Waals surface area contributed by atoms with Crippen molar-refractivity contribution in [3.8, 4) is 11.5 Å². The summed E-state index contributed by atoms with van der Waals surface area (Å²) in [7, 11) is -17.5. The number of carbonyl (C=O) groups excluding carboxylic acids is 1. The lowest BCUT2D eigenvalue weighted by Crippen LogP contribution is -2.21. The second kappa shape index (κ2) is 14.3. The summed E-state index contributed by atoms with van der Waals surface area (Å²) in [6.07, 6.45) is 0. The number of amides is 2. The number of phenolic OH excluding ortho intramolecular Hbond substituents is 2. The van der Waals surface area contributed by atoms with Crippen molar-refractivity contribution in [2.75, 3.05) is 20.1 Å². The number of aryl methyl sites for hydroxylation is 2. The molecule has 0 aliphatic rings. The second-order valence-corrected chi connectivity index (χ2v) is 18.7. The fourth-order valence-electron chi connectivity index (χ4n) is 5.66. The molecule has 0 radical (unpaired) electrons. The van der Waals surface area contributed by atoms with Gasteiger partial charge in [0.25, 0.3) is 40.3 Å². The Labute approximate surface area is 320 Å². The molecule has 0 heterocycles. The molecule has 0 fully saturated rings. The number of fused-ring (bicyclic) bond motifs is 2. The zero-order valence-corrected chi connectivity index (χ0v) is 32.1. The van der Waals surface area contributed by atoms with E-state index in [2.05, 4.69) is 20.1 Å². The van der Waals surface area contributed by atoms with Crippen molar-refractivity contribution in [1.29, 1.82) is 0 Å². The van der Waals surface area contributed by atoms with Gasteiger partial charge in [0.1, 0.15) is 11.5 Å². The molecule has 0 aliphatic carbocycles. The number of benzene rings is 6. The van der Waals surface area contributed by atoms with Crippen LogP contribution in [0.5, 0.6) is 11.5 Å². The molecule has 0 unspecified atom stereocenters. The van der Waals surface area contributed by atoms with Crippen molar-refractivity contribution in [3.05, 3.63) is 108 Å². The second-order valence-electron chi connectivity index (χ2n) is 12.5. The summed E-state index contributed by atoms with van der Waals surface area (Å²) >= 11 is 0. The van der Waals surface area contributed by atoms with E-state index in [9.17, 15) is 57.8 Å². The van der Waals surface area contributed by atoms with Gasteiger partial charge in [0, 0.05) is 34.3 Å². The molecule has 0 saturated carbocycles. The highest BCUT2D eigenvalue weighted by atomic mass is 32.2. The third-order valence-corrected chi connectivity index (χ3v) is 12.9. The number of hydrogen-bond acceptors (Lipinski definition) is 11. The van der Waals surface area contributed by atoms with Crippen LogP contribution in [-0.2, 0) is 40.3 Å². The molecule has 17 nitrogen and oxygen atoms in total. The van der Waals surface area contributed by atoms with Crippen molar-refractivity contribution < 1.29 is 57.8 Å². The number of anilines is 4. The number of nitrogens with one attached hydrogen (secondary N) is 4. The molecule has 292 valence electrons. The summed E-state index contributed by atoms with van der Waals surface area (Å²) in [6.45, 7) is 3.10. The quantitative estimate of drug-likeness (QED) is 0.0763. The summed E-state index contributed by atoms with van der Waals surface area (Å²) < 4.78 is 122. The largest absolute Gasteiger partial charge is 0.507 e. The van der Waals surface area contributed by atoms with Gasteiger partial charge in [0.15, 0.2) is 0 Å². The van der Waals surface area contributed by atoms with Crippen molar-refractivity contribution in [2.24, 2.45) is 0 Å². The third-order valence-electron chi connectivity index (χ3n) is 8.42. The number of carbonyl (C=O) groups is 1. The molecular formula is C35H30N4O13S4. The molecule has 2 amide bonds. The molecule has 0 atom stereocenters. The Bertz CT molecular complexity index is 2880. The number of hydrogen-bond donors (Lipinski definition) is 8. The molecule has 0 bridgehead atoms. The monoisotopic (exact) mass is 842 g/mol. The molecular weight excluding hydrogens is 813 g/mol. The Morgan fingerprint density at radius 3 is 1.18 bits per heavy atom. The first-order valence-corrected chi connectivity index (χ1v) is 21.7. The van der Waals surface area contributed by atoms with Crippen LogP contribution in [0.2, 0.25) is 0 Å². The van der Waals surface area contributed by atoms with Crippen molar-refractivity contribution in [1.82, 2.24) is 0 Å². The average Bonchev–Trinajstić information content (AvgIpc) is 3.08. The Hall–Kier alpha value is -5.97. The van der Waals surface area contributed by atoms with E-state index in [4.69, 9.17) is 0 Å². The van der Waals surface area contributed by atoms with E-state index >= 15 is 0 Å². The van der Waals surface area contributed by atoms with Crippen LogP contribution in [0.4, 0.5) is 27.5 Å². The Balaban J connectivity index is 1.12. The SMILES string of the molecule is Cc1cc(S(=O)(=O)Nc2cc(O)c3cc(S(=O)(=O)O)ccc3c2)ccc1NC(=O)Nc1ccc(S(=O)(=O)Nc2cc(O)c3cc(S(=O)(=O)O)ccc3c2)cc1C. The summed E-state index contributed by atoms with van der Waals surface area (Å²) in [5, 5.41) is 26.8. The van der Waals surface area contributed by atoms with Crippen LogP contribution in [0.1, 0.15) is 11.1 Å². The van der Waals surface area contributed by atoms with Gasteiger partial charge < -0.3 is 20.8 Å². The fourth-order valence-corrected chi connectivity index (χ4v) is 8.93. The molecule has 0 aromatic heterocycles. The number of sulfonamides is 2. The van der Waals surface area contributed by atoms with E-state index in [-0.39, 0.29) is 54.1 Å². The summed E-state index contributed by atoms with van der Waals surface area (Å²) in [5.41, 5.74) is 1.12. The highest BCUT2D eigenvalue weighted by Crippen LogP contribution is 2.34. The van der Waals surface area contributed by atoms with Crippen LogP contribution in [0.15, 0.2) is 117 Å². The minimum atomic E-state index is -4.54. The smallest absolute Gasteiger partial charge is 0.323 e. The van der Waals surface area contributed by atoms with E-state index in [0.29, 0.717) is 11.1 Å². The minimum Gasteiger partial charge on any atom is -0.507 e. The zero-order chi connectivity index (χ0) is 41.0. The predicted octanol–water partition coefficient (Wildman–Crippen LogP) is 5.76. The Morgan fingerprint density at radius 2 is 0.839 bits per heavy atom. The van der Waals surface area contributed by atoms with Crippen LogP contribution in [0.25, 0.3) is 21.5 Å². The van der Waals surface area contributed by atoms with Gasteiger partial charge in [-0.1, -0.05) is 12.1 Å². The van der Waals surface area contributed by atoms with Crippen LogP contribution < -0.4 is 20.1 Å². The first-order valence-electron chi connectivity index (χ1n) is 15.8. The van der Waals surface area contributed by atoms with Crippen LogP contribution in [-0.4, -0.2) is 59.0 Å². The lowest BCUT2D eigenvalue weighted by atomic mass is 10.1. The molecule has 0 saturated heterocycles. The van der Waals surface area contributed by atoms with E-state index in [1.165, 1.54) is 60.7 Å². The summed E-state index contributed by atoms with van der Waals surface area (Å²) in [4.78, 5) is 11.7. The lowest BCUT2D eigenvalue weighted by molar-refractivity contribution is 0.262. The minimum absolute atomic E-state index is 0.0362. The Kier molecular flexibility index (Phi) is 10.1. The van der Waals surface area contributed by atoms with Gasteiger partial charge in [-0.15, -0.1) is 0 Å². The van der Waals surface area contributed by atoms with Crippen molar-refractivity contribution in [3.63, 3.8) is 0 Å². The number of rotatable bonds is 10. The predicted molar refractivity (Wildman–Crippen MR) is 207 cm³/mol. The summed E-state index contributed by atoms with van der Waals surface area (Å²) in [5.74, 6) is -0.888. The van der Waals surface area contributed by atoms with Crippen LogP contribution in [0, 0.1) is 13.8 Å². The highest BCUT2D eigenvalue weighted by molar-refractivity contribution is 7.93. The van der Waals surface area contributed by atoms with Gasteiger partial charge in [0.05, 0.1) is 31.0 Å². The van der Waals surface area contributed by atoms with Gasteiger partial charge in [-0.05, 0) is 109 Å². The van der Waals surface area contributed by atoms with Crippen molar-refractivity contribution in [2.45, 2.75) is 33.4 Å². The fraction of sp³-hybridized carbons (Fsp3) is 0.0571. The molecule has 6 aromatic rings. The topological polar surface area (TPSA) is 283 Å². The number of aromatic hydroxyl groups is 2. The number of phenols is 2. The summed E-state index contributed by atoms with van der Waals surface area (Å²) in [6, 6.07) is 18.7. The zero-order valence-electron chi connectivity index (χ0n) is 28.8. The maximum Gasteiger partial charge on any atom is 0.323 e. The molecule has 21 heteroatoms. The van der Waals surface area contributed by atoms with Gasteiger partial charge in [-0.2, -0.15) is 16.8 Å². The first kappa shape index (κ1) is 39.7. The van der Waals surface area contributed by atoms with E-state index < -0.39 is 67.6 Å². The third kappa shape index (κ3) is 8.46. The molecule has 6 aromatic carbocycles. The van der Waals surface area contributed by atoms with E-state index in [1.807, 2.05) is 0 Å². The van der Waals surface area contributed by atoms with Gasteiger partial charge in [-0.3, -0.25) is 18.5 Å². The first-order chi connectivity index (χ1) is 26.0. The maximum absolute atomic E-state index is 13.2. The molecule has 0 aliphatic heterocycles. The molecule has 0 spiro atoms. The van der Waals surface area contributed by atoms with E-state index in [1.54, 1.807) is 13.8 Å². The van der Waals surface area contributed by atoms with Crippen molar-refractivity contribution >= 4 is 90.6 Å². The Morgan fingerprint density at radius 1 is 0.482 bits per heavy atom. The molecule has 6 rings (SSSR count). The maximum atomic E-state index is 13.2. The molecule has 56 heavy (non-hydrogen) atoms.